The third kappa shape index (κ3) is 6.91. The number of carbonyl (C=O) groups is 2. The number of aromatic nitrogens is 6. The van der Waals surface area contributed by atoms with E-state index >= 15 is 0 Å². The van der Waals surface area contributed by atoms with Gasteiger partial charge >= 0.3 is 0 Å². The molecule has 266 valence electrons. The first-order valence-electron chi connectivity index (χ1n) is 17.9. The quantitative estimate of drug-likeness (QED) is 0.210. The molecule has 3 saturated heterocycles. The van der Waals surface area contributed by atoms with Crippen molar-refractivity contribution in [3.05, 3.63) is 66.1 Å². The number of imide groups is 1. The molecule has 0 spiro atoms. The molecular weight excluding hydrogens is 677 g/mol. The fraction of sp³-hybridized carbons (Fsp3) is 0.405. The van der Waals surface area contributed by atoms with Gasteiger partial charge in [0.2, 0.25) is 16.9 Å². The molecular formula is C37H40N12O2S. The number of rotatable bonds is 9. The zero-order valence-electron chi connectivity index (χ0n) is 29.0. The van der Waals surface area contributed by atoms with Crippen molar-refractivity contribution in [3.63, 3.8) is 0 Å². The number of pyridine rings is 2. The Labute approximate surface area is 305 Å². The van der Waals surface area contributed by atoms with Crippen LogP contribution in [0.15, 0.2) is 55.0 Å². The first kappa shape index (κ1) is 33.7. The Morgan fingerprint density at radius 2 is 1.79 bits per heavy atom. The second-order valence-corrected chi connectivity index (χ2v) is 14.6. The normalized spacial score (nSPS) is 18.8. The molecule has 15 heteroatoms. The van der Waals surface area contributed by atoms with Crippen molar-refractivity contribution in [2.45, 2.75) is 38.5 Å². The summed E-state index contributed by atoms with van der Waals surface area (Å²) in [5.74, 6) is 0.873. The highest BCUT2D eigenvalue weighted by Crippen LogP contribution is 2.36. The summed E-state index contributed by atoms with van der Waals surface area (Å²) in [5, 5.41) is 30.6. The lowest BCUT2D eigenvalue weighted by Crippen LogP contribution is -2.49. The lowest BCUT2D eigenvalue weighted by molar-refractivity contribution is -0.134. The Hall–Kier alpha value is -5.46. The molecule has 8 rings (SSSR count). The number of fused-ring (bicyclic) bond motifs is 1. The van der Waals surface area contributed by atoms with Crippen molar-refractivity contribution in [1.82, 2.24) is 40.0 Å². The van der Waals surface area contributed by atoms with Crippen LogP contribution in [0.4, 0.5) is 16.6 Å². The molecule has 14 nitrogen and oxygen atoms in total. The molecule has 2 amide bonds. The van der Waals surface area contributed by atoms with Gasteiger partial charge in [0, 0.05) is 76.9 Å². The summed E-state index contributed by atoms with van der Waals surface area (Å²) >= 11 is 1.60. The Balaban J connectivity index is 0.843. The number of nitrogens with one attached hydrogen (secondary N) is 2. The summed E-state index contributed by atoms with van der Waals surface area (Å²) < 4.78 is 1.80. The van der Waals surface area contributed by atoms with E-state index < -0.39 is 0 Å². The van der Waals surface area contributed by atoms with Gasteiger partial charge in [-0.15, -0.1) is 10.2 Å². The number of anilines is 3. The maximum absolute atomic E-state index is 12.3. The number of nitriles is 1. The van der Waals surface area contributed by atoms with E-state index in [0.717, 1.165) is 115 Å². The fourth-order valence-electron chi connectivity index (χ4n) is 7.44. The van der Waals surface area contributed by atoms with Crippen LogP contribution in [0.25, 0.3) is 27.5 Å². The van der Waals surface area contributed by atoms with Gasteiger partial charge in [-0.1, -0.05) is 17.4 Å². The summed E-state index contributed by atoms with van der Waals surface area (Å²) in [5.41, 5.74) is 5.72. The standard InChI is InChI=1S/C37H40N12O2S/c1-2-39-30-18-31(32-6-4-27-17-25(19-38)20-42-49(27)32)40-22-29(30)36-44-45-37(52-36)48-15-13-46(14-16-48)23-24-9-11-47(12-10-24)33-7-3-26(21-41-33)28-5-8-34(50)43-35(28)51/h3-4,6-7,17-18,20-22,24,28H,2,5,8-16,23H2,1H3,(H,39,40)(H,43,50,51)/t28-/m1/s1. The maximum atomic E-state index is 12.3. The van der Waals surface area contributed by atoms with E-state index in [2.05, 4.69) is 58.6 Å². The Bertz CT molecular complexity index is 2120. The van der Waals surface area contributed by atoms with E-state index in [0.29, 0.717) is 24.3 Å². The van der Waals surface area contributed by atoms with Crippen molar-refractivity contribution in [2.75, 3.05) is 67.5 Å². The molecule has 0 radical (unpaired) electrons. The van der Waals surface area contributed by atoms with E-state index in [-0.39, 0.29) is 17.7 Å². The van der Waals surface area contributed by atoms with Crippen LogP contribution in [0, 0.1) is 17.2 Å². The average Bonchev–Trinajstić information content (AvgIpc) is 3.84. The fourth-order valence-corrected chi connectivity index (χ4v) is 8.36. The molecule has 2 N–H and O–H groups in total. The van der Waals surface area contributed by atoms with Gasteiger partial charge in [0.05, 0.1) is 40.1 Å². The number of piperazine rings is 1. The number of piperidine rings is 2. The summed E-state index contributed by atoms with van der Waals surface area (Å²) in [7, 11) is 0. The van der Waals surface area contributed by atoms with E-state index in [1.807, 2.05) is 42.6 Å². The second-order valence-electron chi connectivity index (χ2n) is 13.6. The molecule has 3 aliphatic heterocycles. The molecule has 0 bridgehead atoms. The minimum absolute atomic E-state index is 0.197. The van der Waals surface area contributed by atoms with Gasteiger partial charge in [0.15, 0.2) is 5.01 Å². The van der Waals surface area contributed by atoms with Crippen molar-refractivity contribution < 1.29 is 9.59 Å². The van der Waals surface area contributed by atoms with E-state index in [9.17, 15) is 14.9 Å². The first-order valence-corrected chi connectivity index (χ1v) is 18.8. The smallest absolute Gasteiger partial charge is 0.234 e. The zero-order valence-corrected chi connectivity index (χ0v) is 29.8. The number of carbonyl (C=O) groups excluding carboxylic acids is 2. The Morgan fingerprint density at radius 1 is 0.942 bits per heavy atom. The van der Waals surface area contributed by atoms with Crippen molar-refractivity contribution in [3.8, 4) is 28.0 Å². The van der Waals surface area contributed by atoms with Crippen LogP contribution in [0.1, 0.15) is 49.7 Å². The lowest BCUT2D eigenvalue weighted by Gasteiger charge is -2.39. The Kier molecular flexibility index (Phi) is 9.48. The maximum Gasteiger partial charge on any atom is 0.234 e. The average molecular weight is 717 g/mol. The highest BCUT2D eigenvalue weighted by atomic mass is 32.1. The predicted octanol–water partition coefficient (Wildman–Crippen LogP) is 4.17. The van der Waals surface area contributed by atoms with Gasteiger partial charge in [-0.25, -0.2) is 9.50 Å². The van der Waals surface area contributed by atoms with E-state index in [4.69, 9.17) is 4.98 Å². The molecule has 3 fully saturated rings. The highest BCUT2D eigenvalue weighted by Gasteiger charge is 2.29. The van der Waals surface area contributed by atoms with Crippen LogP contribution in [0.5, 0.6) is 0 Å². The molecule has 5 aromatic rings. The summed E-state index contributed by atoms with van der Waals surface area (Å²) in [4.78, 5) is 40.5. The molecule has 8 heterocycles. The number of amides is 2. The van der Waals surface area contributed by atoms with Gasteiger partial charge in [-0.05, 0) is 68.0 Å². The molecule has 3 aliphatic rings. The van der Waals surface area contributed by atoms with Crippen molar-refractivity contribution in [2.24, 2.45) is 5.92 Å². The van der Waals surface area contributed by atoms with Crippen LogP contribution in [-0.2, 0) is 9.59 Å². The topological polar surface area (TPSA) is 161 Å². The first-order chi connectivity index (χ1) is 25.4. The van der Waals surface area contributed by atoms with Crippen molar-refractivity contribution in [1.29, 1.82) is 5.26 Å². The van der Waals surface area contributed by atoms with Crippen LogP contribution < -0.4 is 20.4 Å². The van der Waals surface area contributed by atoms with Gasteiger partial charge in [0.1, 0.15) is 11.9 Å². The Morgan fingerprint density at radius 3 is 2.54 bits per heavy atom. The van der Waals surface area contributed by atoms with Gasteiger partial charge < -0.3 is 15.1 Å². The minimum Gasteiger partial charge on any atom is -0.385 e. The molecule has 0 aliphatic carbocycles. The zero-order chi connectivity index (χ0) is 35.6. The lowest BCUT2D eigenvalue weighted by atomic mass is 9.91. The highest BCUT2D eigenvalue weighted by molar-refractivity contribution is 7.18. The summed E-state index contributed by atoms with van der Waals surface area (Å²) in [6.45, 7) is 9.66. The van der Waals surface area contributed by atoms with Gasteiger partial charge in [-0.2, -0.15) is 10.4 Å². The number of hydrogen-bond donors (Lipinski definition) is 2. The molecule has 0 aromatic carbocycles. The SMILES string of the molecule is CCNc1cc(-c2ccc3cc(C#N)cnn23)ncc1-c1nnc(N2CCN(CC3CCN(c4ccc([C@H]5CCC(=O)NC5=O)cn4)CC3)CC2)s1. The van der Waals surface area contributed by atoms with Crippen LogP contribution in [0.3, 0.4) is 0 Å². The number of hydrogen-bond acceptors (Lipinski definition) is 13. The third-order valence-corrected chi connectivity index (χ3v) is 11.3. The predicted molar refractivity (Wildman–Crippen MR) is 199 cm³/mol. The largest absolute Gasteiger partial charge is 0.385 e. The monoisotopic (exact) mass is 716 g/mol. The van der Waals surface area contributed by atoms with Crippen molar-refractivity contribution >= 4 is 45.3 Å². The van der Waals surface area contributed by atoms with Gasteiger partial charge in [0.25, 0.3) is 0 Å². The van der Waals surface area contributed by atoms with E-state index in [1.54, 1.807) is 28.2 Å². The molecule has 5 aromatic heterocycles. The van der Waals surface area contributed by atoms with E-state index in [1.165, 1.54) is 0 Å². The van der Waals surface area contributed by atoms with Crippen LogP contribution >= 0.6 is 11.3 Å². The minimum atomic E-state index is -0.303. The van der Waals surface area contributed by atoms with Gasteiger partial charge in [-0.3, -0.25) is 24.8 Å². The van der Waals surface area contributed by atoms with Crippen LogP contribution in [-0.4, -0.2) is 98.9 Å². The molecule has 52 heavy (non-hydrogen) atoms. The molecule has 0 saturated carbocycles. The van der Waals surface area contributed by atoms with Crippen LogP contribution in [0.2, 0.25) is 0 Å². The summed E-state index contributed by atoms with van der Waals surface area (Å²) in [6, 6.07) is 13.9. The summed E-state index contributed by atoms with van der Waals surface area (Å²) in [6.07, 6.45) is 8.38. The molecule has 1 atom stereocenters. The molecule has 0 unspecified atom stereocenters. The number of nitrogens with zero attached hydrogens (tertiary/aromatic N) is 10. The second kappa shape index (κ2) is 14.6. The third-order valence-electron chi connectivity index (χ3n) is 10.3.